The van der Waals surface area contributed by atoms with Crippen molar-refractivity contribution in [3.63, 3.8) is 0 Å². The summed E-state index contributed by atoms with van der Waals surface area (Å²) in [5.41, 5.74) is 1.72. The number of aliphatic hydroxyl groups is 1. The Morgan fingerprint density at radius 1 is 0.964 bits per heavy atom. The lowest BCUT2D eigenvalue weighted by Crippen LogP contribution is -2.29. The molecule has 4 heterocycles. The van der Waals surface area contributed by atoms with E-state index in [1.807, 2.05) is 6.07 Å². The number of rotatable bonds is 4. The van der Waals surface area contributed by atoms with Gasteiger partial charge in [-0.25, -0.2) is 0 Å². The van der Waals surface area contributed by atoms with Crippen molar-refractivity contribution in [3.8, 4) is 0 Å². The Labute approximate surface area is 161 Å². The number of carbonyl (C=O) groups excluding carboxylic acids is 2. The maximum absolute atomic E-state index is 12.8. The predicted octanol–water partition coefficient (Wildman–Crippen LogP) is 2.49. The van der Waals surface area contributed by atoms with Crippen LogP contribution in [0.4, 0.5) is 0 Å². The minimum atomic E-state index is -0.760. The maximum Gasteiger partial charge on any atom is 0.296 e. The highest BCUT2D eigenvalue weighted by Gasteiger charge is 2.46. The molecule has 1 amide bonds. The van der Waals surface area contributed by atoms with Crippen LogP contribution in [0.25, 0.3) is 5.76 Å². The van der Waals surface area contributed by atoms with E-state index in [0.29, 0.717) is 16.8 Å². The standard InChI is InChI=1S/C21H16N4O3/c26-19(14-6-10-22-11-7-14)17-18(15-4-3-8-23-12-15)25(21(28)20(17)27)13-16-5-1-2-9-24-16/h1-12,18,26H,13H2/b19-17+. The van der Waals surface area contributed by atoms with Crippen molar-refractivity contribution in [3.05, 3.63) is 95.8 Å². The number of ketones is 1. The van der Waals surface area contributed by atoms with Crippen LogP contribution >= 0.6 is 0 Å². The molecule has 0 spiro atoms. The number of amides is 1. The predicted molar refractivity (Wildman–Crippen MR) is 101 cm³/mol. The van der Waals surface area contributed by atoms with Gasteiger partial charge in [0.2, 0.25) is 0 Å². The molecule has 7 heteroatoms. The third-order valence-corrected chi connectivity index (χ3v) is 4.55. The van der Waals surface area contributed by atoms with E-state index in [4.69, 9.17) is 0 Å². The first kappa shape index (κ1) is 17.5. The summed E-state index contributed by atoms with van der Waals surface area (Å²) in [6.07, 6.45) is 7.84. The average molecular weight is 372 g/mol. The number of aromatic nitrogens is 3. The second-order valence-electron chi connectivity index (χ2n) is 6.27. The topological polar surface area (TPSA) is 96.3 Å². The number of nitrogens with zero attached hydrogens (tertiary/aromatic N) is 4. The van der Waals surface area contributed by atoms with E-state index in [2.05, 4.69) is 15.0 Å². The van der Waals surface area contributed by atoms with Crippen LogP contribution in [0.15, 0.2) is 79.0 Å². The van der Waals surface area contributed by atoms with E-state index in [1.54, 1.807) is 55.0 Å². The molecular weight excluding hydrogens is 356 g/mol. The molecule has 0 bridgehead atoms. The molecule has 138 valence electrons. The normalized spacial score (nSPS) is 18.4. The van der Waals surface area contributed by atoms with Crippen LogP contribution in [0.3, 0.4) is 0 Å². The molecule has 1 atom stereocenters. The smallest absolute Gasteiger partial charge is 0.296 e. The van der Waals surface area contributed by atoms with Gasteiger partial charge >= 0.3 is 0 Å². The van der Waals surface area contributed by atoms with Gasteiger partial charge in [0.1, 0.15) is 5.76 Å². The Morgan fingerprint density at radius 3 is 2.46 bits per heavy atom. The highest BCUT2D eigenvalue weighted by Crippen LogP contribution is 2.39. The van der Waals surface area contributed by atoms with Crippen molar-refractivity contribution in [2.75, 3.05) is 0 Å². The monoisotopic (exact) mass is 372 g/mol. The molecule has 1 aliphatic rings. The summed E-state index contributed by atoms with van der Waals surface area (Å²) in [6, 6.07) is 11.3. The number of carbonyl (C=O) groups is 2. The SMILES string of the molecule is O=C1C(=O)N(Cc2ccccn2)C(c2cccnc2)/C1=C(\O)c1ccncc1. The molecule has 1 fully saturated rings. The van der Waals surface area contributed by atoms with E-state index in [-0.39, 0.29) is 17.9 Å². The summed E-state index contributed by atoms with van der Waals surface area (Å²) < 4.78 is 0. The van der Waals surface area contributed by atoms with Gasteiger partial charge in [-0.3, -0.25) is 24.5 Å². The van der Waals surface area contributed by atoms with Crippen LogP contribution in [-0.4, -0.2) is 36.6 Å². The Bertz CT molecular complexity index is 1040. The number of pyridine rings is 3. The van der Waals surface area contributed by atoms with E-state index in [1.165, 1.54) is 17.3 Å². The summed E-state index contributed by atoms with van der Waals surface area (Å²) in [5.74, 6) is -1.66. The first-order chi connectivity index (χ1) is 13.7. The first-order valence-corrected chi connectivity index (χ1v) is 8.65. The fourth-order valence-corrected chi connectivity index (χ4v) is 3.26. The molecule has 3 aromatic heterocycles. The minimum Gasteiger partial charge on any atom is -0.507 e. The third kappa shape index (κ3) is 3.14. The maximum atomic E-state index is 12.8. The van der Waals surface area contributed by atoms with Crippen LogP contribution in [0.5, 0.6) is 0 Å². The van der Waals surface area contributed by atoms with Gasteiger partial charge in [-0.15, -0.1) is 0 Å². The van der Waals surface area contributed by atoms with Gasteiger partial charge < -0.3 is 10.0 Å². The zero-order chi connectivity index (χ0) is 19.5. The molecule has 1 aliphatic heterocycles. The number of hydrogen-bond donors (Lipinski definition) is 1. The van der Waals surface area contributed by atoms with Crippen LogP contribution < -0.4 is 0 Å². The Balaban J connectivity index is 1.85. The van der Waals surface area contributed by atoms with Gasteiger partial charge in [0.25, 0.3) is 11.7 Å². The quantitative estimate of drug-likeness (QED) is 0.429. The van der Waals surface area contributed by atoms with E-state index >= 15 is 0 Å². The fourth-order valence-electron chi connectivity index (χ4n) is 3.26. The molecule has 0 saturated carbocycles. The fraction of sp³-hybridized carbons (Fsp3) is 0.0952. The summed E-state index contributed by atoms with van der Waals surface area (Å²) in [7, 11) is 0. The lowest BCUT2D eigenvalue weighted by molar-refractivity contribution is -0.140. The average Bonchev–Trinajstić information content (AvgIpc) is 3.00. The highest BCUT2D eigenvalue weighted by atomic mass is 16.3. The lowest BCUT2D eigenvalue weighted by Gasteiger charge is -2.24. The van der Waals surface area contributed by atoms with Crippen molar-refractivity contribution in [2.24, 2.45) is 0 Å². The Morgan fingerprint density at radius 2 is 1.79 bits per heavy atom. The Kier molecular flexibility index (Phi) is 4.63. The van der Waals surface area contributed by atoms with E-state index < -0.39 is 17.7 Å². The second-order valence-corrected chi connectivity index (χ2v) is 6.27. The van der Waals surface area contributed by atoms with Crippen molar-refractivity contribution < 1.29 is 14.7 Å². The van der Waals surface area contributed by atoms with E-state index in [0.717, 1.165) is 0 Å². The highest BCUT2D eigenvalue weighted by molar-refractivity contribution is 6.46. The summed E-state index contributed by atoms with van der Waals surface area (Å²) in [6.45, 7) is 0.137. The number of aliphatic hydroxyl groups excluding tert-OH is 1. The van der Waals surface area contributed by atoms with Gasteiger partial charge in [-0.05, 0) is 35.9 Å². The van der Waals surface area contributed by atoms with Crippen LogP contribution in [0, 0.1) is 0 Å². The summed E-state index contributed by atoms with van der Waals surface area (Å²) in [4.78, 5) is 39.3. The van der Waals surface area contributed by atoms with Crippen LogP contribution in [0.1, 0.15) is 22.9 Å². The van der Waals surface area contributed by atoms with Gasteiger partial charge in [0.15, 0.2) is 0 Å². The molecule has 0 radical (unpaired) electrons. The lowest BCUT2D eigenvalue weighted by atomic mass is 9.96. The first-order valence-electron chi connectivity index (χ1n) is 8.65. The third-order valence-electron chi connectivity index (χ3n) is 4.55. The van der Waals surface area contributed by atoms with Crippen molar-refractivity contribution >= 4 is 17.4 Å². The van der Waals surface area contributed by atoms with E-state index in [9.17, 15) is 14.7 Å². The van der Waals surface area contributed by atoms with Gasteiger partial charge in [-0.1, -0.05) is 12.1 Å². The van der Waals surface area contributed by atoms with Crippen molar-refractivity contribution in [1.82, 2.24) is 19.9 Å². The molecule has 0 aliphatic carbocycles. The van der Waals surface area contributed by atoms with Gasteiger partial charge in [-0.2, -0.15) is 0 Å². The molecule has 7 nitrogen and oxygen atoms in total. The number of Topliss-reactive ketones (excluding diaryl/α,β-unsaturated/α-hetero) is 1. The summed E-state index contributed by atoms with van der Waals surface area (Å²) >= 11 is 0. The molecule has 1 saturated heterocycles. The van der Waals surface area contributed by atoms with Crippen molar-refractivity contribution in [2.45, 2.75) is 12.6 Å². The molecule has 4 rings (SSSR count). The largest absolute Gasteiger partial charge is 0.507 e. The van der Waals surface area contributed by atoms with Crippen LogP contribution in [0.2, 0.25) is 0 Å². The van der Waals surface area contributed by atoms with Gasteiger partial charge in [0.05, 0.1) is 23.9 Å². The molecule has 3 aromatic rings. The second kappa shape index (κ2) is 7.40. The van der Waals surface area contributed by atoms with Gasteiger partial charge in [0, 0.05) is 36.5 Å². The van der Waals surface area contributed by atoms with Crippen molar-refractivity contribution in [1.29, 1.82) is 0 Å². The number of likely N-dealkylation sites (tertiary alicyclic amines) is 1. The Hall–Kier alpha value is -3.87. The molecular formula is C21H16N4O3. The summed E-state index contributed by atoms with van der Waals surface area (Å²) in [5, 5.41) is 10.8. The number of hydrogen-bond acceptors (Lipinski definition) is 6. The zero-order valence-corrected chi connectivity index (χ0v) is 14.8. The minimum absolute atomic E-state index is 0.0279. The van der Waals surface area contributed by atoms with Crippen LogP contribution in [-0.2, 0) is 16.1 Å². The molecule has 1 N–H and O–H groups in total. The molecule has 1 unspecified atom stereocenters. The zero-order valence-electron chi connectivity index (χ0n) is 14.8. The molecule has 28 heavy (non-hydrogen) atoms. The molecule has 0 aromatic carbocycles.